The van der Waals surface area contributed by atoms with Crippen LogP contribution in [0.25, 0.3) is 0 Å². The van der Waals surface area contributed by atoms with Crippen molar-refractivity contribution in [2.75, 3.05) is 44.3 Å². The smallest absolute Gasteiger partial charge is 0.233 e. The Morgan fingerprint density at radius 2 is 1.76 bits per heavy atom. The van der Waals surface area contributed by atoms with Crippen molar-refractivity contribution in [3.63, 3.8) is 0 Å². The Hall–Kier alpha value is -2.77. The maximum atomic E-state index is 5.68. The maximum Gasteiger partial charge on any atom is 0.233 e. The van der Waals surface area contributed by atoms with Crippen LogP contribution in [0.1, 0.15) is 0 Å². The highest BCUT2D eigenvalue weighted by molar-refractivity contribution is 5.60. The van der Waals surface area contributed by atoms with Gasteiger partial charge < -0.3 is 25.4 Å². The lowest BCUT2D eigenvalue weighted by Crippen LogP contribution is -2.15. The molecule has 0 spiro atoms. The van der Waals surface area contributed by atoms with Gasteiger partial charge in [0, 0.05) is 25.8 Å². The average molecular weight is 290 g/mol. The van der Waals surface area contributed by atoms with E-state index in [4.69, 9.17) is 15.2 Å². The van der Waals surface area contributed by atoms with E-state index in [1.54, 1.807) is 31.3 Å². The molecule has 0 amide bonds. The number of aromatic nitrogens is 3. The van der Waals surface area contributed by atoms with Crippen LogP contribution in [0.5, 0.6) is 11.5 Å². The third-order valence-corrected chi connectivity index (χ3v) is 2.68. The molecule has 0 unspecified atom stereocenters. The van der Waals surface area contributed by atoms with Gasteiger partial charge >= 0.3 is 0 Å². The zero-order valence-electron chi connectivity index (χ0n) is 12.4. The summed E-state index contributed by atoms with van der Waals surface area (Å²) in [4.78, 5) is 14.1. The highest BCUT2D eigenvalue weighted by Gasteiger charge is 2.09. The van der Waals surface area contributed by atoms with Crippen LogP contribution in [0.3, 0.4) is 0 Å². The van der Waals surface area contributed by atoms with E-state index in [1.165, 1.54) is 0 Å². The van der Waals surface area contributed by atoms with Crippen molar-refractivity contribution in [3.8, 4) is 11.5 Å². The first kappa shape index (κ1) is 14.6. The highest BCUT2D eigenvalue weighted by Crippen LogP contribution is 2.30. The van der Waals surface area contributed by atoms with Gasteiger partial charge in [-0.3, -0.25) is 0 Å². The van der Waals surface area contributed by atoms with Crippen LogP contribution < -0.4 is 25.4 Å². The number of hydrogen-bond acceptors (Lipinski definition) is 8. The second-order valence-electron chi connectivity index (χ2n) is 4.41. The van der Waals surface area contributed by atoms with Crippen LogP contribution in [-0.2, 0) is 0 Å². The Bertz CT molecular complexity index is 632. The SMILES string of the molecule is COc1ccc(Nc2nc(N)nc(N(C)C)n2)cc1OC. The summed E-state index contributed by atoms with van der Waals surface area (Å²) in [6, 6.07) is 5.41. The van der Waals surface area contributed by atoms with Gasteiger partial charge in [0.15, 0.2) is 11.5 Å². The molecule has 0 bridgehead atoms. The number of benzene rings is 1. The summed E-state index contributed by atoms with van der Waals surface area (Å²) in [6.07, 6.45) is 0. The quantitative estimate of drug-likeness (QED) is 0.849. The van der Waals surface area contributed by atoms with Crippen molar-refractivity contribution >= 4 is 23.5 Å². The number of hydrogen-bond donors (Lipinski definition) is 2. The second-order valence-corrected chi connectivity index (χ2v) is 4.41. The molecular weight excluding hydrogens is 272 g/mol. The number of anilines is 4. The van der Waals surface area contributed by atoms with E-state index in [0.717, 1.165) is 5.69 Å². The Morgan fingerprint density at radius 1 is 1.05 bits per heavy atom. The molecule has 0 aliphatic heterocycles. The molecule has 0 saturated heterocycles. The van der Waals surface area contributed by atoms with E-state index in [1.807, 2.05) is 20.2 Å². The Morgan fingerprint density at radius 3 is 2.38 bits per heavy atom. The standard InChI is InChI=1S/C13H18N6O2/c1-19(2)13-17-11(14)16-12(18-13)15-8-5-6-9(20-3)10(7-8)21-4/h5-7H,1-4H3,(H3,14,15,16,17,18). The Labute approximate surface area is 122 Å². The first-order chi connectivity index (χ1) is 10.0. The molecule has 0 radical (unpaired) electrons. The van der Waals surface area contributed by atoms with Crippen LogP contribution in [0.15, 0.2) is 18.2 Å². The van der Waals surface area contributed by atoms with Crippen molar-refractivity contribution in [1.29, 1.82) is 0 Å². The molecule has 8 nitrogen and oxygen atoms in total. The van der Waals surface area contributed by atoms with Gasteiger partial charge in [-0.25, -0.2) is 0 Å². The molecule has 0 fully saturated rings. The van der Waals surface area contributed by atoms with Gasteiger partial charge in [-0.15, -0.1) is 0 Å². The molecule has 2 rings (SSSR count). The summed E-state index contributed by atoms with van der Waals surface area (Å²) >= 11 is 0. The molecule has 0 saturated carbocycles. The van der Waals surface area contributed by atoms with Gasteiger partial charge in [-0.1, -0.05) is 0 Å². The lowest BCUT2D eigenvalue weighted by molar-refractivity contribution is 0.355. The zero-order chi connectivity index (χ0) is 15.4. The van der Waals surface area contributed by atoms with Gasteiger partial charge in [0.2, 0.25) is 17.8 Å². The molecule has 3 N–H and O–H groups in total. The minimum Gasteiger partial charge on any atom is -0.493 e. The number of nitrogen functional groups attached to an aromatic ring is 1. The summed E-state index contributed by atoms with van der Waals surface area (Å²) < 4.78 is 10.4. The fraction of sp³-hybridized carbons (Fsp3) is 0.308. The first-order valence-electron chi connectivity index (χ1n) is 6.21. The van der Waals surface area contributed by atoms with Crippen LogP contribution in [0.4, 0.5) is 23.5 Å². The minimum absolute atomic E-state index is 0.150. The minimum atomic E-state index is 0.150. The third-order valence-electron chi connectivity index (χ3n) is 2.68. The molecule has 0 aliphatic carbocycles. The maximum absolute atomic E-state index is 5.68. The van der Waals surface area contributed by atoms with Gasteiger partial charge in [0.05, 0.1) is 14.2 Å². The molecule has 8 heteroatoms. The number of methoxy groups -OCH3 is 2. The molecule has 0 atom stereocenters. The zero-order valence-corrected chi connectivity index (χ0v) is 12.4. The molecule has 2 aromatic rings. The van der Waals surface area contributed by atoms with Gasteiger partial charge in [-0.05, 0) is 12.1 Å². The largest absolute Gasteiger partial charge is 0.493 e. The summed E-state index contributed by atoms with van der Waals surface area (Å²) in [5.74, 6) is 2.24. The fourth-order valence-electron chi connectivity index (χ4n) is 1.68. The topological polar surface area (TPSA) is 98.4 Å². The normalized spacial score (nSPS) is 10.1. The molecular formula is C13H18N6O2. The lowest BCUT2D eigenvalue weighted by atomic mass is 10.3. The van der Waals surface area contributed by atoms with Crippen molar-refractivity contribution in [3.05, 3.63) is 18.2 Å². The van der Waals surface area contributed by atoms with Crippen molar-refractivity contribution < 1.29 is 9.47 Å². The van der Waals surface area contributed by atoms with Gasteiger partial charge in [0.25, 0.3) is 0 Å². The molecule has 1 aromatic carbocycles. The van der Waals surface area contributed by atoms with E-state index < -0.39 is 0 Å². The Balaban J connectivity index is 2.29. The summed E-state index contributed by atoms with van der Waals surface area (Å²) in [6.45, 7) is 0. The van der Waals surface area contributed by atoms with Crippen molar-refractivity contribution in [2.45, 2.75) is 0 Å². The van der Waals surface area contributed by atoms with Gasteiger partial charge in [-0.2, -0.15) is 15.0 Å². The summed E-state index contributed by atoms with van der Waals surface area (Å²) in [7, 11) is 6.82. The predicted octanol–water partition coefficient (Wildman–Crippen LogP) is 1.28. The highest BCUT2D eigenvalue weighted by atomic mass is 16.5. The van der Waals surface area contributed by atoms with E-state index in [0.29, 0.717) is 23.4 Å². The van der Waals surface area contributed by atoms with E-state index in [2.05, 4.69) is 20.3 Å². The van der Waals surface area contributed by atoms with Crippen LogP contribution in [0.2, 0.25) is 0 Å². The Kier molecular flexibility index (Phi) is 4.27. The number of rotatable bonds is 5. The molecule has 1 heterocycles. The molecule has 0 aliphatic rings. The third kappa shape index (κ3) is 3.41. The molecule has 1 aromatic heterocycles. The monoisotopic (exact) mass is 290 g/mol. The summed E-state index contributed by atoms with van der Waals surface area (Å²) in [5.41, 5.74) is 6.43. The van der Waals surface area contributed by atoms with Crippen LogP contribution in [-0.4, -0.2) is 43.3 Å². The first-order valence-corrected chi connectivity index (χ1v) is 6.21. The number of nitrogens with one attached hydrogen (secondary N) is 1. The lowest BCUT2D eigenvalue weighted by Gasteiger charge is -2.13. The van der Waals surface area contributed by atoms with Crippen LogP contribution >= 0.6 is 0 Å². The van der Waals surface area contributed by atoms with Crippen molar-refractivity contribution in [2.24, 2.45) is 0 Å². The van der Waals surface area contributed by atoms with E-state index in [-0.39, 0.29) is 5.95 Å². The van der Waals surface area contributed by atoms with Crippen molar-refractivity contribution in [1.82, 2.24) is 15.0 Å². The average Bonchev–Trinajstić information content (AvgIpc) is 2.46. The number of ether oxygens (including phenoxy) is 2. The van der Waals surface area contributed by atoms with E-state index in [9.17, 15) is 0 Å². The molecule has 112 valence electrons. The predicted molar refractivity (Wildman–Crippen MR) is 81.4 cm³/mol. The summed E-state index contributed by atoms with van der Waals surface area (Å²) in [5, 5.41) is 3.06. The fourth-order valence-corrected chi connectivity index (χ4v) is 1.68. The number of nitrogens with two attached hydrogens (primary N) is 1. The second kappa shape index (κ2) is 6.12. The van der Waals surface area contributed by atoms with Gasteiger partial charge in [0.1, 0.15) is 0 Å². The van der Waals surface area contributed by atoms with Crippen LogP contribution in [0, 0.1) is 0 Å². The molecule has 21 heavy (non-hydrogen) atoms. The van der Waals surface area contributed by atoms with E-state index >= 15 is 0 Å². The number of nitrogens with zero attached hydrogens (tertiary/aromatic N) is 4.